The fourth-order valence-electron chi connectivity index (χ4n) is 2.71. The van der Waals surface area contributed by atoms with Crippen molar-refractivity contribution in [1.29, 1.82) is 0 Å². The molecule has 0 aromatic heterocycles. The van der Waals surface area contributed by atoms with Gasteiger partial charge in [-0.3, -0.25) is 19.3 Å². The molecule has 1 aliphatic heterocycles. The van der Waals surface area contributed by atoms with Crippen molar-refractivity contribution in [2.75, 3.05) is 11.9 Å². The standard InChI is InChI=1S/C19H18N2O3/c1-11-4-7-15-16(8-11)19(24)21(18(15)23)10-17(22)20-14-6-5-12(2)13(3)9-14/h4-9H,10H2,1-3H3,(H,20,22). The highest BCUT2D eigenvalue weighted by Gasteiger charge is 2.36. The first-order chi connectivity index (χ1) is 11.4. The maximum absolute atomic E-state index is 12.4. The molecule has 2 aromatic carbocycles. The van der Waals surface area contributed by atoms with E-state index in [0.29, 0.717) is 16.8 Å². The van der Waals surface area contributed by atoms with E-state index in [1.165, 1.54) is 0 Å². The molecule has 0 unspecified atom stereocenters. The molecule has 24 heavy (non-hydrogen) atoms. The minimum atomic E-state index is -0.426. The molecule has 0 bridgehead atoms. The van der Waals surface area contributed by atoms with Gasteiger partial charge in [0.05, 0.1) is 11.1 Å². The Hall–Kier alpha value is -2.95. The quantitative estimate of drug-likeness (QED) is 0.884. The molecule has 0 radical (unpaired) electrons. The zero-order valence-electron chi connectivity index (χ0n) is 13.8. The smallest absolute Gasteiger partial charge is 0.262 e. The van der Waals surface area contributed by atoms with Gasteiger partial charge in [-0.2, -0.15) is 0 Å². The van der Waals surface area contributed by atoms with E-state index in [1.807, 2.05) is 32.9 Å². The van der Waals surface area contributed by atoms with Crippen LogP contribution in [0.3, 0.4) is 0 Å². The number of benzene rings is 2. The second-order valence-electron chi connectivity index (χ2n) is 6.09. The van der Waals surface area contributed by atoms with Crippen LogP contribution in [0.4, 0.5) is 5.69 Å². The van der Waals surface area contributed by atoms with Gasteiger partial charge in [0.2, 0.25) is 5.91 Å². The molecule has 0 saturated heterocycles. The molecule has 3 amide bonds. The Balaban J connectivity index is 1.74. The summed E-state index contributed by atoms with van der Waals surface area (Å²) in [6.45, 7) is 5.50. The summed E-state index contributed by atoms with van der Waals surface area (Å²) in [5.41, 5.74) is 4.45. The van der Waals surface area contributed by atoms with Gasteiger partial charge in [-0.25, -0.2) is 0 Å². The van der Waals surface area contributed by atoms with Crippen molar-refractivity contribution in [1.82, 2.24) is 4.90 Å². The summed E-state index contributed by atoms with van der Waals surface area (Å²) in [7, 11) is 0. The second kappa shape index (κ2) is 5.92. The zero-order chi connectivity index (χ0) is 17.4. The summed E-state index contributed by atoms with van der Waals surface area (Å²) in [6.07, 6.45) is 0. The number of carbonyl (C=O) groups is 3. The Bertz CT molecular complexity index is 871. The number of hydrogen-bond acceptors (Lipinski definition) is 3. The molecule has 1 N–H and O–H groups in total. The molecule has 3 rings (SSSR count). The monoisotopic (exact) mass is 322 g/mol. The van der Waals surface area contributed by atoms with Crippen molar-refractivity contribution in [3.05, 3.63) is 64.2 Å². The normalized spacial score (nSPS) is 13.2. The molecule has 1 aliphatic rings. The van der Waals surface area contributed by atoms with E-state index in [1.54, 1.807) is 24.3 Å². The maximum Gasteiger partial charge on any atom is 0.262 e. The van der Waals surface area contributed by atoms with Crippen LogP contribution in [-0.2, 0) is 4.79 Å². The Morgan fingerprint density at radius 1 is 0.917 bits per heavy atom. The summed E-state index contributed by atoms with van der Waals surface area (Å²) in [5, 5.41) is 2.73. The highest BCUT2D eigenvalue weighted by atomic mass is 16.2. The number of rotatable bonds is 3. The number of aryl methyl sites for hydroxylation is 3. The summed E-state index contributed by atoms with van der Waals surface area (Å²) in [4.78, 5) is 37.9. The van der Waals surface area contributed by atoms with Crippen LogP contribution in [0.15, 0.2) is 36.4 Å². The molecule has 0 spiro atoms. The molecule has 2 aromatic rings. The lowest BCUT2D eigenvalue weighted by molar-refractivity contribution is -0.116. The average Bonchev–Trinajstić information content (AvgIpc) is 2.75. The summed E-state index contributed by atoms with van der Waals surface area (Å²) in [5.74, 6) is -1.25. The van der Waals surface area contributed by atoms with Crippen molar-refractivity contribution < 1.29 is 14.4 Å². The number of nitrogens with zero attached hydrogens (tertiary/aromatic N) is 1. The van der Waals surface area contributed by atoms with Crippen molar-refractivity contribution >= 4 is 23.4 Å². The number of amides is 3. The zero-order valence-corrected chi connectivity index (χ0v) is 13.8. The lowest BCUT2D eigenvalue weighted by Crippen LogP contribution is -2.37. The Morgan fingerprint density at radius 3 is 2.33 bits per heavy atom. The van der Waals surface area contributed by atoms with Crippen LogP contribution in [0.5, 0.6) is 0 Å². The van der Waals surface area contributed by atoms with E-state index in [9.17, 15) is 14.4 Å². The number of imide groups is 1. The molecule has 1 heterocycles. The molecule has 5 nitrogen and oxygen atoms in total. The highest BCUT2D eigenvalue weighted by Crippen LogP contribution is 2.24. The molecule has 0 atom stereocenters. The third-order valence-corrected chi connectivity index (χ3v) is 4.22. The number of fused-ring (bicyclic) bond motifs is 1. The van der Waals surface area contributed by atoms with Gasteiger partial charge in [0.1, 0.15) is 6.54 Å². The van der Waals surface area contributed by atoms with Gasteiger partial charge in [-0.15, -0.1) is 0 Å². The van der Waals surface area contributed by atoms with E-state index >= 15 is 0 Å². The molecule has 0 aliphatic carbocycles. The molecule has 5 heteroatoms. The Morgan fingerprint density at radius 2 is 1.62 bits per heavy atom. The Labute approximate surface area is 140 Å². The highest BCUT2D eigenvalue weighted by molar-refractivity contribution is 6.22. The van der Waals surface area contributed by atoms with Gasteiger partial charge in [-0.1, -0.05) is 17.7 Å². The second-order valence-corrected chi connectivity index (χ2v) is 6.09. The fraction of sp³-hybridized carbons (Fsp3) is 0.211. The van der Waals surface area contributed by atoms with Crippen LogP contribution in [-0.4, -0.2) is 29.2 Å². The summed E-state index contributed by atoms with van der Waals surface area (Å²) >= 11 is 0. The molecule has 0 fully saturated rings. The van der Waals surface area contributed by atoms with E-state index in [2.05, 4.69) is 5.32 Å². The third kappa shape index (κ3) is 2.80. The van der Waals surface area contributed by atoms with Gasteiger partial charge in [0.15, 0.2) is 0 Å². The van der Waals surface area contributed by atoms with Crippen molar-refractivity contribution in [3.63, 3.8) is 0 Å². The summed E-state index contributed by atoms with van der Waals surface area (Å²) in [6, 6.07) is 10.7. The number of anilines is 1. The molecule has 0 saturated carbocycles. The predicted molar refractivity (Wildman–Crippen MR) is 91.1 cm³/mol. The average molecular weight is 322 g/mol. The number of nitrogens with one attached hydrogen (secondary N) is 1. The lowest BCUT2D eigenvalue weighted by atomic mass is 10.1. The minimum absolute atomic E-state index is 0.293. The van der Waals surface area contributed by atoms with E-state index in [-0.39, 0.29) is 6.54 Å². The van der Waals surface area contributed by atoms with Crippen molar-refractivity contribution in [2.45, 2.75) is 20.8 Å². The lowest BCUT2D eigenvalue weighted by Gasteiger charge is -2.14. The summed E-state index contributed by atoms with van der Waals surface area (Å²) < 4.78 is 0. The van der Waals surface area contributed by atoms with Crippen LogP contribution < -0.4 is 5.32 Å². The Kier molecular flexibility index (Phi) is 3.93. The topological polar surface area (TPSA) is 66.5 Å². The van der Waals surface area contributed by atoms with E-state index < -0.39 is 17.7 Å². The van der Waals surface area contributed by atoms with Crippen LogP contribution >= 0.6 is 0 Å². The first-order valence-electron chi connectivity index (χ1n) is 7.71. The predicted octanol–water partition coefficient (Wildman–Crippen LogP) is 2.85. The third-order valence-electron chi connectivity index (χ3n) is 4.22. The van der Waals surface area contributed by atoms with Crippen LogP contribution in [0.1, 0.15) is 37.4 Å². The van der Waals surface area contributed by atoms with Gasteiger partial charge in [0.25, 0.3) is 11.8 Å². The van der Waals surface area contributed by atoms with E-state index in [4.69, 9.17) is 0 Å². The first kappa shape index (κ1) is 15.9. The number of carbonyl (C=O) groups excluding carboxylic acids is 3. The molecular weight excluding hydrogens is 304 g/mol. The SMILES string of the molecule is Cc1ccc2c(c1)C(=O)N(CC(=O)Nc1ccc(C)c(C)c1)C2=O. The molecule has 122 valence electrons. The van der Waals surface area contributed by atoms with Gasteiger partial charge < -0.3 is 5.32 Å². The van der Waals surface area contributed by atoms with Gasteiger partial charge >= 0.3 is 0 Å². The van der Waals surface area contributed by atoms with E-state index in [0.717, 1.165) is 21.6 Å². The van der Waals surface area contributed by atoms with Crippen LogP contribution in [0, 0.1) is 20.8 Å². The maximum atomic E-state index is 12.4. The van der Waals surface area contributed by atoms with Crippen molar-refractivity contribution in [3.8, 4) is 0 Å². The van der Waals surface area contributed by atoms with Crippen LogP contribution in [0.25, 0.3) is 0 Å². The van der Waals surface area contributed by atoms with Crippen molar-refractivity contribution in [2.24, 2.45) is 0 Å². The van der Waals surface area contributed by atoms with Gasteiger partial charge in [0, 0.05) is 5.69 Å². The molecular formula is C19H18N2O3. The largest absolute Gasteiger partial charge is 0.325 e. The van der Waals surface area contributed by atoms with Gasteiger partial charge in [-0.05, 0) is 56.2 Å². The first-order valence-corrected chi connectivity index (χ1v) is 7.71. The van der Waals surface area contributed by atoms with Crippen LogP contribution in [0.2, 0.25) is 0 Å². The number of hydrogen-bond donors (Lipinski definition) is 1. The fourth-order valence-corrected chi connectivity index (χ4v) is 2.71. The minimum Gasteiger partial charge on any atom is -0.325 e.